The van der Waals surface area contributed by atoms with Gasteiger partial charge >= 0.3 is 0 Å². The van der Waals surface area contributed by atoms with Crippen LogP contribution in [0.25, 0.3) is 11.4 Å². The zero-order chi connectivity index (χ0) is 13.7. The summed E-state index contributed by atoms with van der Waals surface area (Å²) in [5.74, 6) is -0.223. The summed E-state index contributed by atoms with van der Waals surface area (Å²) in [7, 11) is 0. The number of nitrogens with zero attached hydrogens (tertiary/aromatic N) is 4. The molecule has 1 aromatic carbocycles. The minimum absolute atomic E-state index is 0.344. The average molecular weight is 259 g/mol. The van der Waals surface area contributed by atoms with Crippen LogP contribution >= 0.6 is 0 Å². The Bertz CT molecular complexity index is 577. The Morgan fingerprint density at radius 3 is 2.79 bits per heavy atom. The Labute approximate surface area is 109 Å². The molecule has 0 fully saturated rings. The number of carbonyl (C=O) groups excluding carboxylic acids is 1. The number of carboxylic acid groups (broad SMARTS) is 1. The SMILES string of the molecule is C=CCOc1ccc(-c2nnn(CC(=O)[O-])n2)cc1. The first kappa shape index (κ1) is 12.7. The fourth-order valence-electron chi connectivity index (χ4n) is 1.40. The molecule has 0 amide bonds. The van der Waals surface area contributed by atoms with Gasteiger partial charge in [-0.2, -0.15) is 4.80 Å². The molecule has 0 aliphatic carbocycles. The van der Waals surface area contributed by atoms with Gasteiger partial charge in [-0.1, -0.05) is 12.7 Å². The molecule has 2 rings (SSSR count). The van der Waals surface area contributed by atoms with E-state index in [0.717, 1.165) is 10.4 Å². The minimum Gasteiger partial charge on any atom is -0.548 e. The van der Waals surface area contributed by atoms with E-state index in [0.29, 0.717) is 18.2 Å². The van der Waals surface area contributed by atoms with Gasteiger partial charge in [0.25, 0.3) is 0 Å². The molecular weight excluding hydrogens is 248 g/mol. The zero-order valence-electron chi connectivity index (χ0n) is 10.0. The van der Waals surface area contributed by atoms with Crippen LogP contribution in [-0.4, -0.2) is 32.8 Å². The number of hydrogen-bond acceptors (Lipinski definition) is 6. The van der Waals surface area contributed by atoms with Crippen LogP contribution in [0.4, 0.5) is 0 Å². The highest BCUT2D eigenvalue weighted by molar-refractivity contribution is 5.63. The number of ether oxygens (including phenoxy) is 1. The minimum atomic E-state index is -1.27. The van der Waals surface area contributed by atoms with E-state index < -0.39 is 12.5 Å². The molecule has 0 unspecified atom stereocenters. The fourth-order valence-corrected chi connectivity index (χ4v) is 1.40. The fraction of sp³-hybridized carbons (Fsp3) is 0.167. The number of carboxylic acids is 1. The Morgan fingerprint density at radius 2 is 2.16 bits per heavy atom. The first-order valence-corrected chi connectivity index (χ1v) is 5.51. The Hall–Kier alpha value is -2.70. The number of benzene rings is 1. The lowest BCUT2D eigenvalue weighted by molar-refractivity contribution is -0.307. The Kier molecular flexibility index (Phi) is 3.87. The highest BCUT2D eigenvalue weighted by atomic mass is 16.5. The molecule has 1 aromatic heterocycles. The van der Waals surface area contributed by atoms with Crippen molar-refractivity contribution in [3.05, 3.63) is 36.9 Å². The van der Waals surface area contributed by atoms with Crippen LogP contribution < -0.4 is 9.84 Å². The lowest BCUT2D eigenvalue weighted by Crippen LogP contribution is -2.28. The van der Waals surface area contributed by atoms with Crippen molar-refractivity contribution in [1.29, 1.82) is 0 Å². The monoisotopic (exact) mass is 259 g/mol. The second-order valence-electron chi connectivity index (χ2n) is 3.64. The first-order valence-electron chi connectivity index (χ1n) is 5.51. The van der Waals surface area contributed by atoms with Gasteiger partial charge in [0, 0.05) is 5.56 Å². The summed E-state index contributed by atoms with van der Waals surface area (Å²) >= 11 is 0. The van der Waals surface area contributed by atoms with Crippen LogP contribution in [0.15, 0.2) is 36.9 Å². The summed E-state index contributed by atoms with van der Waals surface area (Å²) < 4.78 is 5.34. The van der Waals surface area contributed by atoms with Crippen molar-refractivity contribution in [2.75, 3.05) is 6.61 Å². The van der Waals surface area contributed by atoms with Gasteiger partial charge < -0.3 is 14.6 Å². The molecule has 7 heteroatoms. The van der Waals surface area contributed by atoms with Crippen LogP contribution in [0.1, 0.15) is 0 Å². The predicted octanol–water partition coefficient (Wildman–Crippen LogP) is -0.345. The standard InChI is InChI=1S/C12H12N4O3/c1-2-7-19-10-5-3-9(4-6-10)12-13-15-16(14-12)8-11(17)18/h2-6H,1,7-8H2,(H,17,18)/p-1. The van der Waals surface area contributed by atoms with Gasteiger partial charge in [0.05, 0.1) is 5.97 Å². The predicted molar refractivity (Wildman–Crippen MR) is 64.0 cm³/mol. The van der Waals surface area contributed by atoms with Gasteiger partial charge in [-0.3, -0.25) is 0 Å². The third-order valence-electron chi connectivity index (χ3n) is 2.20. The van der Waals surface area contributed by atoms with E-state index in [-0.39, 0.29) is 0 Å². The molecule has 0 spiro atoms. The van der Waals surface area contributed by atoms with Crippen LogP contribution in [0, 0.1) is 0 Å². The molecule has 0 atom stereocenters. The number of hydrogen-bond donors (Lipinski definition) is 0. The molecule has 0 N–H and O–H groups in total. The van der Waals surface area contributed by atoms with Gasteiger partial charge in [-0.15, -0.1) is 10.2 Å². The molecule has 0 saturated heterocycles. The Balaban J connectivity index is 2.11. The molecular formula is C12H11N4O3-. The van der Waals surface area contributed by atoms with E-state index in [1.807, 2.05) is 0 Å². The molecule has 2 aromatic rings. The second kappa shape index (κ2) is 5.76. The molecule has 1 heterocycles. The van der Waals surface area contributed by atoms with Crippen molar-refractivity contribution in [1.82, 2.24) is 20.2 Å². The number of aliphatic carboxylic acids is 1. The first-order chi connectivity index (χ1) is 9.19. The highest BCUT2D eigenvalue weighted by Gasteiger charge is 2.06. The normalized spacial score (nSPS) is 10.1. The molecule has 98 valence electrons. The van der Waals surface area contributed by atoms with Gasteiger partial charge in [-0.05, 0) is 29.5 Å². The van der Waals surface area contributed by atoms with Crippen LogP contribution in [0.2, 0.25) is 0 Å². The van der Waals surface area contributed by atoms with Crippen molar-refractivity contribution in [2.24, 2.45) is 0 Å². The third-order valence-corrected chi connectivity index (χ3v) is 2.20. The second-order valence-corrected chi connectivity index (χ2v) is 3.64. The van der Waals surface area contributed by atoms with Crippen molar-refractivity contribution in [2.45, 2.75) is 6.54 Å². The number of rotatable bonds is 6. The maximum atomic E-state index is 10.4. The zero-order valence-corrected chi connectivity index (χ0v) is 10.0. The van der Waals surface area contributed by atoms with Crippen LogP contribution in [-0.2, 0) is 11.3 Å². The van der Waals surface area contributed by atoms with E-state index in [4.69, 9.17) is 4.74 Å². The quantitative estimate of drug-likeness (QED) is 0.658. The molecule has 0 radical (unpaired) electrons. The molecule has 7 nitrogen and oxygen atoms in total. The average Bonchev–Trinajstić information content (AvgIpc) is 2.84. The maximum absolute atomic E-state index is 10.4. The lowest BCUT2D eigenvalue weighted by Gasteiger charge is -2.02. The van der Waals surface area contributed by atoms with E-state index in [1.54, 1.807) is 30.3 Å². The molecule has 0 saturated carbocycles. The summed E-state index contributed by atoms with van der Waals surface area (Å²) in [6.45, 7) is 3.57. The van der Waals surface area contributed by atoms with Crippen LogP contribution in [0.5, 0.6) is 5.75 Å². The molecule has 19 heavy (non-hydrogen) atoms. The maximum Gasteiger partial charge on any atom is 0.204 e. The van der Waals surface area contributed by atoms with E-state index in [2.05, 4.69) is 22.0 Å². The van der Waals surface area contributed by atoms with Crippen molar-refractivity contribution in [3.63, 3.8) is 0 Å². The van der Waals surface area contributed by atoms with Gasteiger partial charge in [0.2, 0.25) is 5.82 Å². The van der Waals surface area contributed by atoms with Gasteiger partial charge in [0.15, 0.2) is 0 Å². The summed E-state index contributed by atoms with van der Waals surface area (Å²) in [5, 5.41) is 21.7. The highest BCUT2D eigenvalue weighted by Crippen LogP contribution is 2.18. The van der Waals surface area contributed by atoms with Crippen molar-refractivity contribution >= 4 is 5.97 Å². The summed E-state index contributed by atoms with van der Waals surface area (Å²) in [6, 6.07) is 7.05. The smallest absolute Gasteiger partial charge is 0.204 e. The number of carbonyl (C=O) groups is 1. The summed E-state index contributed by atoms with van der Waals surface area (Å²) in [5.41, 5.74) is 0.718. The van der Waals surface area contributed by atoms with E-state index >= 15 is 0 Å². The van der Waals surface area contributed by atoms with E-state index in [9.17, 15) is 9.90 Å². The Morgan fingerprint density at radius 1 is 1.42 bits per heavy atom. The molecule has 0 bridgehead atoms. The van der Waals surface area contributed by atoms with Crippen molar-refractivity contribution in [3.8, 4) is 17.1 Å². The molecule has 0 aliphatic rings. The van der Waals surface area contributed by atoms with E-state index in [1.165, 1.54) is 0 Å². The topological polar surface area (TPSA) is 93.0 Å². The van der Waals surface area contributed by atoms with Gasteiger partial charge in [0.1, 0.15) is 18.9 Å². The van der Waals surface area contributed by atoms with Crippen LogP contribution in [0.3, 0.4) is 0 Å². The van der Waals surface area contributed by atoms with Crippen molar-refractivity contribution < 1.29 is 14.6 Å². The largest absolute Gasteiger partial charge is 0.548 e. The lowest BCUT2D eigenvalue weighted by atomic mass is 10.2. The van der Waals surface area contributed by atoms with Gasteiger partial charge in [-0.25, -0.2) is 0 Å². The summed E-state index contributed by atoms with van der Waals surface area (Å²) in [4.78, 5) is 11.4. The number of aromatic nitrogens is 4. The third kappa shape index (κ3) is 3.38. The summed E-state index contributed by atoms with van der Waals surface area (Å²) in [6.07, 6.45) is 1.65. The number of tetrazole rings is 1. The molecule has 0 aliphatic heterocycles.